The van der Waals surface area contributed by atoms with Crippen molar-refractivity contribution < 1.29 is 14.3 Å². The van der Waals surface area contributed by atoms with Gasteiger partial charge in [-0.2, -0.15) is 0 Å². The SMILES string of the molecule is O=C(O)Nc1ccccc1.c1ccoc1. The van der Waals surface area contributed by atoms with E-state index in [-0.39, 0.29) is 0 Å². The number of para-hydroxylation sites is 1. The molecule has 0 aliphatic rings. The molecule has 1 heterocycles. The number of amides is 1. The third-order valence-electron chi connectivity index (χ3n) is 1.45. The number of hydrogen-bond acceptors (Lipinski definition) is 2. The molecule has 2 N–H and O–H groups in total. The van der Waals surface area contributed by atoms with Crippen molar-refractivity contribution in [2.75, 3.05) is 5.32 Å². The van der Waals surface area contributed by atoms with Gasteiger partial charge in [0, 0.05) is 5.69 Å². The molecule has 0 atom stereocenters. The number of carbonyl (C=O) groups is 1. The van der Waals surface area contributed by atoms with Crippen LogP contribution in [0.15, 0.2) is 59.4 Å². The fraction of sp³-hybridized carbons (Fsp3) is 0. The molecule has 0 spiro atoms. The monoisotopic (exact) mass is 205 g/mol. The van der Waals surface area contributed by atoms with Crippen molar-refractivity contribution in [1.29, 1.82) is 0 Å². The molecule has 0 saturated heterocycles. The van der Waals surface area contributed by atoms with Crippen molar-refractivity contribution in [3.63, 3.8) is 0 Å². The highest BCUT2D eigenvalue weighted by molar-refractivity contribution is 5.82. The summed E-state index contributed by atoms with van der Waals surface area (Å²) in [6.45, 7) is 0. The molecule has 2 rings (SSSR count). The average molecular weight is 205 g/mol. The van der Waals surface area contributed by atoms with Crippen molar-refractivity contribution in [1.82, 2.24) is 0 Å². The predicted octanol–water partition coefficient (Wildman–Crippen LogP) is 3.06. The largest absolute Gasteiger partial charge is 0.473 e. The van der Waals surface area contributed by atoms with Crippen LogP contribution in [0.2, 0.25) is 0 Å². The van der Waals surface area contributed by atoms with E-state index < -0.39 is 6.09 Å². The van der Waals surface area contributed by atoms with Gasteiger partial charge in [-0.1, -0.05) is 18.2 Å². The Bertz CT molecular complexity index is 353. The summed E-state index contributed by atoms with van der Waals surface area (Å²) in [4.78, 5) is 10.1. The molecule has 0 unspecified atom stereocenters. The third-order valence-corrected chi connectivity index (χ3v) is 1.45. The van der Waals surface area contributed by atoms with Gasteiger partial charge in [-0.05, 0) is 24.3 Å². The summed E-state index contributed by atoms with van der Waals surface area (Å²) in [5, 5.41) is 10.5. The summed E-state index contributed by atoms with van der Waals surface area (Å²) in [5.74, 6) is 0. The van der Waals surface area contributed by atoms with Crippen LogP contribution in [0.5, 0.6) is 0 Å². The van der Waals surface area contributed by atoms with Crippen molar-refractivity contribution >= 4 is 11.8 Å². The molecule has 0 fully saturated rings. The Morgan fingerprint density at radius 3 is 2.07 bits per heavy atom. The first-order chi connectivity index (χ1) is 7.29. The molecule has 1 aromatic heterocycles. The van der Waals surface area contributed by atoms with Gasteiger partial charge in [0.2, 0.25) is 0 Å². The average Bonchev–Trinajstić information content (AvgIpc) is 2.76. The fourth-order valence-corrected chi connectivity index (χ4v) is 0.872. The Labute approximate surface area is 87.2 Å². The maximum Gasteiger partial charge on any atom is 0.409 e. The molecule has 78 valence electrons. The minimum absolute atomic E-state index is 0.593. The standard InChI is InChI=1S/C7H7NO2.C4H4O/c9-7(10)8-6-4-2-1-3-5-6;1-2-4-5-3-1/h1-5,8H,(H,9,10);1-4H. The van der Waals surface area contributed by atoms with Crippen LogP contribution in [0, 0.1) is 0 Å². The number of nitrogens with one attached hydrogen (secondary N) is 1. The van der Waals surface area contributed by atoms with E-state index in [1.165, 1.54) is 0 Å². The Balaban J connectivity index is 0.000000187. The molecule has 4 heteroatoms. The Hall–Kier alpha value is -2.23. The van der Waals surface area contributed by atoms with Gasteiger partial charge in [-0.3, -0.25) is 5.32 Å². The lowest BCUT2D eigenvalue weighted by molar-refractivity contribution is 0.210. The summed E-state index contributed by atoms with van der Waals surface area (Å²) in [6, 6.07) is 12.4. The summed E-state index contributed by atoms with van der Waals surface area (Å²) in [6.07, 6.45) is 2.21. The van der Waals surface area contributed by atoms with E-state index in [1.807, 2.05) is 18.2 Å². The highest BCUT2D eigenvalue weighted by atomic mass is 16.4. The zero-order valence-electron chi connectivity index (χ0n) is 7.96. The third kappa shape index (κ3) is 5.15. The van der Waals surface area contributed by atoms with Gasteiger partial charge in [0.25, 0.3) is 0 Å². The highest BCUT2D eigenvalue weighted by Crippen LogP contribution is 2.03. The van der Waals surface area contributed by atoms with E-state index in [0.717, 1.165) is 0 Å². The van der Waals surface area contributed by atoms with E-state index >= 15 is 0 Å². The lowest BCUT2D eigenvalue weighted by Gasteiger charge is -1.96. The lowest BCUT2D eigenvalue weighted by Crippen LogP contribution is -2.06. The summed E-state index contributed by atoms with van der Waals surface area (Å²) < 4.78 is 4.58. The van der Waals surface area contributed by atoms with Gasteiger partial charge in [-0.25, -0.2) is 4.79 Å². The van der Waals surface area contributed by atoms with Gasteiger partial charge < -0.3 is 9.52 Å². The van der Waals surface area contributed by atoms with Crippen LogP contribution in [-0.2, 0) is 0 Å². The van der Waals surface area contributed by atoms with Crippen molar-refractivity contribution in [3.05, 3.63) is 55.0 Å². The zero-order chi connectivity index (χ0) is 10.9. The second-order valence-electron chi connectivity index (χ2n) is 2.59. The van der Waals surface area contributed by atoms with Crippen LogP contribution in [0.1, 0.15) is 0 Å². The van der Waals surface area contributed by atoms with Crippen LogP contribution < -0.4 is 5.32 Å². The molecule has 1 amide bonds. The first kappa shape index (κ1) is 10.8. The minimum Gasteiger partial charge on any atom is -0.473 e. The number of benzene rings is 1. The molecule has 15 heavy (non-hydrogen) atoms. The topological polar surface area (TPSA) is 62.5 Å². The summed E-state index contributed by atoms with van der Waals surface area (Å²) in [7, 11) is 0. The molecule has 0 radical (unpaired) electrons. The van der Waals surface area contributed by atoms with Gasteiger partial charge >= 0.3 is 6.09 Å². The quantitative estimate of drug-likeness (QED) is 0.752. The van der Waals surface area contributed by atoms with E-state index in [9.17, 15) is 4.79 Å². The zero-order valence-corrected chi connectivity index (χ0v) is 7.96. The van der Waals surface area contributed by atoms with Crippen LogP contribution >= 0.6 is 0 Å². The van der Waals surface area contributed by atoms with Gasteiger partial charge in [0.1, 0.15) is 0 Å². The second-order valence-corrected chi connectivity index (χ2v) is 2.59. The predicted molar refractivity (Wildman–Crippen MR) is 56.8 cm³/mol. The molecule has 0 aliphatic heterocycles. The molecule has 2 aromatic rings. The minimum atomic E-state index is -1.04. The van der Waals surface area contributed by atoms with E-state index in [2.05, 4.69) is 9.73 Å². The number of furan rings is 1. The Kier molecular flexibility index (Phi) is 4.53. The number of rotatable bonds is 1. The van der Waals surface area contributed by atoms with Crippen LogP contribution in [0.3, 0.4) is 0 Å². The molecule has 0 bridgehead atoms. The highest BCUT2D eigenvalue weighted by Gasteiger charge is 1.93. The van der Waals surface area contributed by atoms with Crippen LogP contribution in [0.25, 0.3) is 0 Å². The Morgan fingerprint density at radius 2 is 1.67 bits per heavy atom. The first-order valence-corrected chi connectivity index (χ1v) is 4.31. The van der Waals surface area contributed by atoms with E-state index in [4.69, 9.17) is 5.11 Å². The molecule has 1 aromatic carbocycles. The van der Waals surface area contributed by atoms with Crippen molar-refractivity contribution in [3.8, 4) is 0 Å². The maximum atomic E-state index is 10.1. The first-order valence-electron chi connectivity index (χ1n) is 4.31. The number of carboxylic acid groups (broad SMARTS) is 1. The van der Waals surface area contributed by atoms with Crippen LogP contribution in [0.4, 0.5) is 10.5 Å². The number of hydrogen-bond donors (Lipinski definition) is 2. The normalized spacial score (nSPS) is 8.53. The molecule has 0 aliphatic carbocycles. The van der Waals surface area contributed by atoms with E-state index in [0.29, 0.717) is 5.69 Å². The van der Waals surface area contributed by atoms with Crippen molar-refractivity contribution in [2.45, 2.75) is 0 Å². The fourth-order valence-electron chi connectivity index (χ4n) is 0.872. The maximum absolute atomic E-state index is 10.1. The summed E-state index contributed by atoms with van der Waals surface area (Å²) in [5.41, 5.74) is 0.593. The molecule has 0 saturated carbocycles. The van der Waals surface area contributed by atoms with Crippen molar-refractivity contribution in [2.24, 2.45) is 0 Å². The van der Waals surface area contributed by atoms with E-state index in [1.54, 1.807) is 36.8 Å². The molecular weight excluding hydrogens is 194 g/mol. The van der Waals surface area contributed by atoms with Gasteiger partial charge in [-0.15, -0.1) is 0 Å². The number of anilines is 1. The van der Waals surface area contributed by atoms with Gasteiger partial charge in [0.15, 0.2) is 0 Å². The van der Waals surface area contributed by atoms with Gasteiger partial charge in [0.05, 0.1) is 12.5 Å². The lowest BCUT2D eigenvalue weighted by atomic mass is 10.3. The smallest absolute Gasteiger partial charge is 0.409 e. The molecular formula is C11H11NO3. The summed E-state index contributed by atoms with van der Waals surface area (Å²) >= 11 is 0. The molecule has 4 nitrogen and oxygen atoms in total. The second kappa shape index (κ2) is 6.26. The van der Waals surface area contributed by atoms with Crippen LogP contribution in [-0.4, -0.2) is 11.2 Å². The Morgan fingerprint density at radius 1 is 1.07 bits per heavy atom.